The lowest BCUT2D eigenvalue weighted by molar-refractivity contribution is -0.304. The van der Waals surface area contributed by atoms with Crippen LogP contribution in [-0.2, 0) is 11.2 Å². The van der Waals surface area contributed by atoms with E-state index < -0.39 is 5.97 Å². The topological polar surface area (TPSA) is 67.2 Å². The Labute approximate surface area is 138 Å². The Kier molecular flexibility index (Phi) is 4.29. The highest BCUT2D eigenvalue weighted by atomic mass is 19.1. The lowest BCUT2D eigenvalue weighted by atomic mass is 10.1. The molecular formula is C18H14FN2O3-. The van der Waals surface area contributed by atoms with Crippen molar-refractivity contribution in [1.82, 2.24) is 9.55 Å². The summed E-state index contributed by atoms with van der Waals surface area (Å²) in [5, 5.41) is 11.0. The zero-order chi connectivity index (χ0) is 17.1. The highest BCUT2D eigenvalue weighted by Crippen LogP contribution is 2.25. The molecule has 0 saturated heterocycles. The molecule has 0 saturated carbocycles. The van der Waals surface area contributed by atoms with Gasteiger partial charge in [-0.15, -0.1) is 0 Å². The van der Waals surface area contributed by atoms with Gasteiger partial charge in [0, 0.05) is 29.8 Å². The molecule has 0 aliphatic carbocycles. The fraction of sp³-hybridized carbons (Fsp3) is 0.111. The number of aliphatic carboxylic acids is 1. The Hall–Kier alpha value is -3.15. The van der Waals surface area contributed by atoms with Crippen LogP contribution in [0.1, 0.15) is 5.82 Å². The molecule has 122 valence electrons. The van der Waals surface area contributed by atoms with Crippen molar-refractivity contribution in [1.29, 1.82) is 0 Å². The number of carbonyl (C=O) groups excluding carboxylic acids is 1. The van der Waals surface area contributed by atoms with Crippen LogP contribution in [0.3, 0.4) is 0 Å². The van der Waals surface area contributed by atoms with Crippen molar-refractivity contribution < 1.29 is 19.0 Å². The molecule has 0 radical (unpaired) electrons. The van der Waals surface area contributed by atoms with Gasteiger partial charge in [-0.25, -0.2) is 9.37 Å². The van der Waals surface area contributed by atoms with Gasteiger partial charge in [0.15, 0.2) is 0 Å². The summed E-state index contributed by atoms with van der Waals surface area (Å²) in [5.41, 5.74) is 2.00. The van der Waals surface area contributed by atoms with Crippen molar-refractivity contribution in [3.63, 3.8) is 0 Å². The molecule has 1 heterocycles. The number of hydrogen-bond donors (Lipinski definition) is 0. The van der Waals surface area contributed by atoms with E-state index in [4.69, 9.17) is 4.74 Å². The summed E-state index contributed by atoms with van der Waals surface area (Å²) in [7, 11) is 1.57. The van der Waals surface area contributed by atoms with Crippen molar-refractivity contribution >= 4 is 5.97 Å². The van der Waals surface area contributed by atoms with Gasteiger partial charge in [0.2, 0.25) is 0 Å². The monoisotopic (exact) mass is 325 g/mol. The van der Waals surface area contributed by atoms with Gasteiger partial charge >= 0.3 is 0 Å². The molecule has 0 aliphatic rings. The molecule has 0 amide bonds. The van der Waals surface area contributed by atoms with Crippen LogP contribution in [0.5, 0.6) is 5.75 Å². The maximum absolute atomic E-state index is 13.1. The average Bonchev–Trinajstić information content (AvgIpc) is 2.99. The number of halogens is 1. The summed E-state index contributed by atoms with van der Waals surface area (Å²) < 4.78 is 19.9. The van der Waals surface area contributed by atoms with Crippen LogP contribution in [0.15, 0.2) is 54.7 Å². The van der Waals surface area contributed by atoms with Crippen LogP contribution in [0.4, 0.5) is 4.39 Å². The third-order valence-corrected chi connectivity index (χ3v) is 3.55. The van der Waals surface area contributed by atoms with Gasteiger partial charge < -0.3 is 19.2 Å². The molecule has 5 nitrogen and oxygen atoms in total. The van der Waals surface area contributed by atoms with Gasteiger partial charge in [-0.1, -0.05) is 12.1 Å². The highest BCUT2D eigenvalue weighted by Gasteiger charge is 2.12. The highest BCUT2D eigenvalue weighted by molar-refractivity contribution is 5.68. The minimum Gasteiger partial charge on any atom is -0.550 e. The Morgan fingerprint density at radius 3 is 2.67 bits per heavy atom. The van der Waals surface area contributed by atoms with Crippen LogP contribution < -0.4 is 9.84 Å². The largest absolute Gasteiger partial charge is 0.550 e. The molecule has 1 aromatic heterocycles. The molecule has 0 bridgehead atoms. The van der Waals surface area contributed by atoms with Crippen molar-refractivity contribution in [2.75, 3.05) is 7.11 Å². The predicted octanol–water partition coefficient (Wildman–Crippen LogP) is 1.98. The minimum atomic E-state index is -1.24. The average molecular weight is 325 g/mol. The predicted molar refractivity (Wildman–Crippen MR) is 84.2 cm³/mol. The number of nitrogens with zero attached hydrogens (tertiary/aromatic N) is 2. The summed E-state index contributed by atoms with van der Waals surface area (Å²) in [6, 6.07) is 13.0. The fourth-order valence-electron chi connectivity index (χ4n) is 2.42. The number of ether oxygens (including phenoxy) is 1. The number of carbonyl (C=O) groups is 1. The fourth-order valence-corrected chi connectivity index (χ4v) is 2.42. The molecule has 0 aliphatic heterocycles. The summed E-state index contributed by atoms with van der Waals surface area (Å²) in [6.45, 7) is 0. The minimum absolute atomic E-state index is 0.305. The summed E-state index contributed by atoms with van der Waals surface area (Å²) in [5.74, 6) is -0.626. The summed E-state index contributed by atoms with van der Waals surface area (Å²) in [4.78, 5) is 15.4. The van der Waals surface area contributed by atoms with Gasteiger partial charge in [-0.3, -0.25) is 0 Å². The second-order valence-corrected chi connectivity index (χ2v) is 5.17. The van der Waals surface area contributed by atoms with E-state index in [0.717, 1.165) is 5.56 Å². The quantitative estimate of drug-likeness (QED) is 0.719. The normalized spacial score (nSPS) is 10.6. The zero-order valence-electron chi connectivity index (χ0n) is 12.9. The maximum atomic E-state index is 13.1. The zero-order valence-corrected chi connectivity index (χ0v) is 12.9. The Balaban J connectivity index is 2.08. The van der Waals surface area contributed by atoms with E-state index in [9.17, 15) is 14.3 Å². The standard InChI is InChI=1S/C18H15FN2O3/c1-24-15-4-2-3-12(9-15)16-11-21(17(20-16)10-18(22)23)14-7-5-13(19)6-8-14/h2-9,11H,10H2,1H3,(H,22,23)/p-1. The first-order valence-electron chi connectivity index (χ1n) is 7.25. The maximum Gasteiger partial charge on any atom is 0.123 e. The molecule has 0 spiro atoms. The number of carboxylic acid groups (broad SMARTS) is 1. The second-order valence-electron chi connectivity index (χ2n) is 5.17. The van der Waals surface area contributed by atoms with Crippen LogP contribution in [0, 0.1) is 5.82 Å². The Morgan fingerprint density at radius 1 is 1.25 bits per heavy atom. The first-order chi connectivity index (χ1) is 11.6. The lowest BCUT2D eigenvalue weighted by Gasteiger charge is -2.07. The molecule has 0 unspecified atom stereocenters. The number of aromatic nitrogens is 2. The van der Waals surface area contributed by atoms with Crippen molar-refractivity contribution in [3.8, 4) is 22.7 Å². The smallest absolute Gasteiger partial charge is 0.123 e. The van der Waals surface area contributed by atoms with Crippen molar-refractivity contribution in [2.24, 2.45) is 0 Å². The third kappa shape index (κ3) is 3.27. The van der Waals surface area contributed by atoms with Gasteiger partial charge in [0.05, 0.1) is 12.8 Å². The molecule has 6 heteroatoms. The Morgan fingerprint density at radius 2 is 2.00 bits per heavy atom. The molecule has 0 fully saturated rings. The molecule has 3 rings (SSSR count). The van der Waals surface area contributed by atoms with Crippen molar-refractivity contribution in [3.05, 3.63) is 66.4 Å². The van der Waals surface area contributed by atoms with E-state index in [1.165, 1.54) is 12.1 Å². The molecule has 0 atom stereocenters. The Bertz CT molecular complexity index is 872. The van der Waals surface area contributed by atoms with Gasteiger partial charge in [0.1, 0.15) is 17.4 Å². The lowest BCUT2D eigenvalue weighted by Crippen LogP contribution is -2.25. The number of imidazole rings is 1. The van der Waals surface area contributed by atoms with E-state index in [1.54, 1.807) is 36.1 Å². The molecule has 24 heavy (non-hydrogen) atoms. The summed E-state index contributed by atoms with van der Waals surface area (Å²) in [6.07, 6.45) is 1.36. The number of hydrogen-bond acceptors (Lipinski definition) is 4. The van der Waals surface area contributed by atoms with E-state index in [2.05, 4.69) is 4.98 Å². The molecule has 0 N–H and O–H groups in total. The van der Waals surface area contributed by atoms with Gasteiger partial charge in [-0.05, 0) is 36.4 Å². The van der Waals surface area contributed by atoms with E-state index in [0.29, 0.717) is 23.0 Å². The first-order valence-corrected chi connectivity index (χ1v) is 7.25. The van der Waals surface area contributed by atoms with Crippen molar-refractivity contribution in [2.45, 2.75) is 6.42 Å². The third-order valence-electron chi connectivity index (χ3n) is 3.55. The van der Waals surface area contributed by atoms with Crippen LogP contribution in [0.2, 0.25) is 0 Å². The van der Waals surface area contributed by atoms with Gasteiger partial charge in [-0.2, -0.15) is 0 Å². The van der Waals surface area contributed by atoms with Crippen LogP contribution >= 0.6 is 0 Å². The van der Waals surface area contributed by atoms with Crippen LogP contribution in [0.25, 0.3) is 16.9 Å². The van der Waals surface area contributed by atoms with E-state index in [-0.39, 0.29) is 12.2 Å². The van der Waals surface area contributed by atoms with Crippen LogP contribution in [-0.4, -0.2) is 22.6 Å². The SMILES string of the molecule is COc1cccc(-c2cn(-c3ccc(F)cc3)c(CC(=O)[O-])n2)c1. The molecule has 3 aromatic rings. The number of methoxy groups -OCH3 is 1. The summed E-state index contributed by atoms with van der Waals surface area (Å²) >= 11 is 0. The number of carboxylic acids is 1. The number of rotatable bonds is 5. The number of benzene rings is 2. The molecular weight excluding hydrogens is 311 g/mol. The van der Waals surface area contributed by atoms with Gasteiger partial charge in [0.25, 0.3) is 0 Å². The first kappa shape index (κ1) is 15.7. The second kappa shape index (κ2) is 6.54. The molecule has 2 aromatic carbocycles. The van der Waals surface area contributed by atoms with E-state index >= 15 is 0 Å². The van der Waals surface area contributed by atoms with E-state index in [1.807, 2.05) is 18.2 Å².